The van der Waals surface area contributed by atoms with E-state index in [1.807, 2.05) is 35.4 Å². The van der Waals surface area contributed by atoms with Gasteiger partial charge in [0.05, 0.1) is 19.4 Å². The van der Waals surface area contributed by atoms with Gasteiger partial charge in [-0.2, -0.15) is 13.2 Å². The number of alkyl halides is 3. The number of carbonyl (C=O) groups excluding carboxylic acids is 1. The van der Waals surface area contributed by atoms with Crippen molar-refractivity contribution in [3.05, 3.63) is 83.6 Å². The molecule has 1 heterocycles. The van der Waals surface area contributed by atoms with Crippen LogP contribution in [0.4, 0.5) is 13.2 Å². The minimum absolute atomic E-state index is 0.121. The second-order valence-electron chi connectivity index (χ2n) is 9.38. The summed E-state index contributed by atoms with van der Waals surface area (Å²) in [5.41, 5.74) is 5.40. The van der Waals surface area contributed by atoms with Crippen LogP contribution in [0.3, 0.4) is 0 Å². The number of aromatic nitrogens is 1. The lowest BCUT2D eigenvalue weighted by Gasteiger charge is -2.23. The summed E-state index contributed by atoms with van der Waals surface area (Å²) in [6, 6.07) is 20.3. The van der Waals surface area contributed by atoms with E-state index in [-0.39, 0.29) is 5.91 Å². The summed E-state index contributed by atoms with van der Waals surface area (Å²) in [6.45, 7) is 5.64. The average molecular weight is 590 g/mol. The number of benzene rings is 2. The van der Waals surface area contributed by atoms with Gasteiger partial charge >= 0.3 is 12.1 Å². The van der Waals surface area contributed by atoms with E-state index in [2.05, 4.69) is 53.6 Å². The molecule has 2 aromatic carbocycles. The molecular weight excluding hydrogens is 551 g/mol. The molecule has 8 nitrogen and oxygen atoms in total. The highest BCUT2D eigenvalue weighted by atomic mass is 19.4. The molecule has 0 unspecified atom stereocenters. The van der Waals surface area contributed by atoms with Crippen LogP contribution in [0.15, 0.2) is 66.9 Å². The molecule has 0 aliphatic rings. The van der Waals surface area contributed by atoms with Gasteiger partial charge in [0.1, 0.15) is 5.75 Å². The zero-order chi connectivity index (χ0) is 31.0. The SMILES string of the molecule is CCCNCc1ccc(-c2ccc(CN(CCOC)C(=O)CCc3ccc(OC)cc3)cc2)nc1.O=C(O)C(F)(F)F. The van der Waals surface area contributed by atoms with Gasteiger partial charge in [-0.15, -0.1) is 0 Å². The maximum atomic E-state index is 13.0. The molecule has 0 atom stereocenters. The first kappa shape index (κ1) is 34.2. The predicted molar refractivity (Wildman–Crippen MR) is 154 cm³/mol. The van der Waals surface area contributed by atoms with Crippen LogP contribution >= 0.6 is 0 Å². The highest BCUT2D eigenvalue weighted by Gasteiger charge is 2.38. The minimum atomic E-state index is -5.08. The molecule has 0 bridgehead atoms. The van der Waals surface area contributed by atoms with Crippen LogP contribution < -0.4 is 10.1 Å². The number of halogens is 3. The molecule has 1 aromatic heterocycles. The van der Waals surface area contributed by atoms with Crippen molar-refractivity contribution in [1.82, 2.24) is 15.2 Å². The van der Waals surface area contributed by atoms with E-state index in [4.69, 9.17) is 19.4 Å². The first-order chi connectivity index (χ1) is 20.1. The predicted octanol–water partition coefficient (Wildman–Crippen LogP) is 5.50. The minimum Gasteiger partial charge on any atom is -0.497 e. The van der Waals surface area contributed by atoms with E-state index >= 15 is 0 Å². The second-order valence-corrected chi connectivity index (χ2v) is 9.38. The first-order valence-electron chi connectivity index (χ1n) is 13.5. The number of rotatable bonds is 14. The lowest BCUT2D eigenvalue weighted by atomic mass is 10.1. The molecule has 11 heteroatoms. The highest BCUT2D eigenvalue weighted by Crippen LogP contribution is 2.19. The number of pyridine rings is 1. The van der Waals surface area contributed by atoms with Crippen molar-refractivity contribution in [3.63, 3.8) is 0 Å². The van der Waals surface area contributed by atoms with Gasteiger partial charge in [-0.05, 0) is 54.3 Å². The van der Waals surface area contributed by atoms with Crippen LogP contribution in [0.2, 0.25) is 0 Å². The molecule has 1 amide bonds. The highest BCUT2D eigenvalue weighted by molar-refractivity contribution is 5.76. The molecule has 0 aliphatic carbocycles. The number of nitrogens with one attached hydrogen (secondary N) is 1. The van der Waals surface area contributed by atoms with E-state index in [1.54, 1.807) is 14.2 Å². The maximum absolute atomic E-state index is 13.0. The number of carboxylic acid groups (broad SMARTS) is 1. The average Bonchev–Trinajstić information content (AvgIpc) is 2.99. The third-order valence-corrected chi connectivity index (χ3v) is 6.15. The summed E-state index contributed by atoms with van der Waals surface area (Å²) in [5.74, 6) is -1.82. The Balaban J connectivity index is 0.000000782. The molecule has 0 saturated carbocycles. The molecule has 3 rings (SSSR count). The largest absolute Gasteiger partial charge is 0.497 e. The second kappa shape index (κ2) is 17.8. The Morgan fingerprint density at radius 1 is 0.952 bits per heavy atom. The van der Waals surface area contributed by atoms with Gasteiger partial charge in [0.25, 0.3) is 0 Å². The Bertz CT molecular complexity index is 1220. The molecule has 0 radical (unpaired) electrons. The molecule has 228 valence electrons. The van der Waals surface area contributed by atoms with E-state index in [0.717, 1.165) is 47.6 Å². The summed E-state index contributed by atoms with van der Waals surface area (Å²) >= 11 is 0. The lowest BCUT2D eigenvalue weighted by molar-refractivity contribution is -0.192. The molecule has 0 fully saturated rings. The van der Waals surface area contributed by atoms with Gasteiger partial charge in [0.15, 0.2) is 0 Å². The third kappa shape index (κ3) is 12.3. The van der Waals surface area contributed by atoms with Crippen molar-refractivity contribution in [2.75, 3.05) is 33.9 Å². The van der Waals surface area contributed by atoms with Crippen molar-refractivity contribution < 1.29 is 37.3 Å². The first-order valence-corrected chi connectivity index (χ1v) is 13.5. The third-order valence-electron chi connectivity index (χ3n) is 6.15. The van der Waals surface area contributed by atoms with Gasteiger partial charge < -0.3 is 24.8 Å². The topological polar surface area (TPSA) is 101 Å². The van der Waals surface area contributed by atoms with Crippen molar-refractivity contribution in [2.45, 2.75) is 45.5 Å². The number of carbonyl (C=O) groups is 2. The monoisotopic (exact) mass is 589 g/mol. The Labute approximate surface area is 244 Å². The smallest absolute Gasteiger partial charge is 0.490 e. The summed E-state index contributed by atoms with van der Waals surface area (Å²) in [4.78, 5) is 28.4. The van der Waals surface area contributed by atoms with Crippen LogP contribution in [-0.2, 0) is 33.8 Å². The zero-order valence-electron chi connectivity index (χ0n) is 24.1. The molecule has 42 heavy (non-hydrogen) atoms. The van der Waals surface area contributed by atoms with Crippen molar-refractivity contribution >= 4 is 11.9 Å². The number of hydrogen-bond acceptors (Lipinski definition) is 6. The van der Waals surface area contributed by atoms with Crippen LogP contribution in [0.5, 0.6) is 5.75 Å². The number of amides is 1. The van der Waals surface area contributed by atoms with Crippen molar-refractivity contribution in [1.29, 1.82) is 0 Å². The number of nitrogens with zero attached hydrogens (tertiary/aromatic N) is 2. The summed E-state index contributed by atoms with van der Waals surface area (Å²) in [6.07, 6.45) is -0.882. The van der Waals surface area contributed by atoms with Crippen LogP contribution in [0.1, 0.15) is 36.5 Å². The number of ether oxygens (including phenoxy) is 2. The van der Waals surface area contributed by atoms with E-state index in [9.17, 15) is 18.0 Å². The number of aliphatic carboxylic acids is 1. The molecule has 0 spiro atoms. The zero-order valence-corrected chi connectivity index (χ0v) is 24.1. The number of hydrogen-bond donors (Lipinski definition) is 2. The van der Waals surface area contributed by atoms with E-state index in [1.165, 1.54) is 5.56 Å². The Kier molecular flexibility index (Phi) is 14.5. The Morgan fingerprint density at radius 3 is 2.10 bits per heavy atom. The number of carboxylic acids is 1. The standard InChI is InChI=1S/C29H37N3O3.C2HF3O2/c1-4-17-30-20-25-9-15-28(31-21-25)26-11-5-24(6-12-26)22-32(18-19-34-2)29(33)16-10-23-7-13-27(35-3)14-8-23;3-2(4,5)1(6)7/h5-9,11-15,21,30H,4,10,16-20,22H2,1-3H3;(H,6,7). The molecule has 0 saturated heterocycles. The van der Waals surface area contributed by atoms with Crippen LogP contribution in [0.25, 0.3) is 11.3 Å². The van der Waals surface area contributed by atoms with Gasteiger partial charge in [0, 0.05) is 44.9 Å². The van der Waals surface area contributed by atoms with Crippen LogP contribution in [-0.4, -0.2) is 67.0 Å². The molecule has 2 N–H and O–H groups in total. The Morgan fingerprint density at radius 2 is 1.57 bits per heavy atom. The van der Waals surface area contributed by atoms with E-state index < -0.39 is 12.1 Å². The molecule has 0 aliphatic heterocycles. The number of methoxy groups -OCH3 is 2. The summed E-state index contributed by atoms with van der Waals surface area (Å²) in [5, 5.41) is 10.5. The van der Waals surface area contributed by atoms with E-state index in [0.29, 0.717) is 32.5 Å². The summed E-state index contributed by atoms with van der Waals surface area (Å²) < 4.78 is 42.2. The van der Waals surface area contributed by atoms with Crippen LogP contribution in [0, 0.1) is 0 Å². The Hall–Kier alpha value is -3.96. The number of aryl methyl sites for hydroxylation is 1. The summed E-state index contributed by atoms with van der Waals surface area (Å²) in [7, 11) is 3.31. The lowest BCUT2D eigenvalue weighted by Crippen LogP contribution is -2.33. The fourth-order valence-corrected chi connectivity index (χ4v) is 3.81. The van der Waals surface area contributed by atoms with Gasteiger partial charge in [-0.1, -0.05) is 49.4 Å². The van der Waals surface area contributed by atoms with Crippen molar-refractivity contribution in [3.8, 4) is 17.0 Å². The van der Waals surface area contributed by atoms with Crippen molar-refractivity contribution in [2.24, 2.45) is 0 Å². The quantitative estimate of drug-likeness (QED) is 0.240. The fraction of sp³-hybridized carbons (Fsp3) is 0.387. The fourth-order valence-electron chi connectivity index (χ4n) is 3.81. The van der Waals surface area contributed by atoms with Gasteiger partial charge in [-0.25, -0.2) is 4.79 Å². The molecule has 3 aromatic rings. The van der Waals surface area contributed by atoms with Gasteiger partial charge in [0.2, 0.25) is 5.91 Å². The molecular formula is C31H38F3N3O5. The maximum Gasteiger partial charge on any atom is 0.490 e. The van der Waals surface area contributed by atoms with Gasteiger partial charge in [-0.3, -0.25) is 9.78 Å². The normalized spacial score (nSPS) is 10.9.